The van der Waals surface area contributed by atoms with Gasteiger partial charge in [0.05, 0.1) is 38.2 Å². The zero-order valence-corrected chi connectivity index (χ0v) is 21.5. The number of halogens is 1. The first kappa shape index (κ1) is 25.6. The van der Waals surface area contributed by atoms with Crippen LogP contribution in [0.4, 0.5) is 5.69 Å². The summed E-state index contributed by atoms with van der Waals surface area (Å²) in [5, 5.41) is 11.0. The molecule has 2 aliphatic heterocycles. The smallest absolute Gasteiger partial charge is 0.196 e. The molecule has 10 heteroatoms. The quantitative estimate of drug-likeness (QED) is 0.207. The van der Waals surface area contributed by atoms with Crippen LogP contribution in [0, 0.1) is 0 Å². The summed E-state index contributed by atoms with van der Waals surface area (Å²) in [6.45, 7) is 4.81. The molecule has 9 nitrogen and oxygen atoms in total. The topological polar surface area (TPSA) is 91.2 Å². The second kappa shape index (κ2) is 13.6. The standard InChI is InChI=1S/C23H33N5O4.HI/c1-28-19(8-10-26-28)16-25-23(24-9-3-11-29-17-20-5-2-12-30-20)27-18-6-7-21-22(15-18)32-14-4-13-31-21;/h6-8,10,15,20H,2-5,9,11-14,16-17H2,1H3,(H2,24,25,27);1H. The molecule has 0 spiro atoms. The van der Waals surface area contributed by atoms with Crippen LogP contribution in [-0.4, -0.2) is 61.4 Å². The molecule has 2 N–H and O–H groups in total. The third-order valence-electron chi connectivity index (χ3n) is 5.42. The summed E-state index contributed by atoms with van der Waals surface area (Å²) in [5.74, 6) is 2.22. The lowest BCUT2D eigenvalue weighted by atomic mass is 10.2. The summed E-state index contributed by atoms with van der Waals surface area (Å²) >= 11 is 0. The Morgan fingerprint density at radius 2 is 2.06 bits per heavy atom. The minimum Gasteiger partial charge on any atom is -0.490 e. The third kappa shape index (κ3) is 8.04. The van der Waals surface area contributed by atoms with Gasteiger partial charge in [-0.2, -0.15) is 5.10 Å². The van der Waals surface area contributed by atoms with E-state index in [4.69, 9.17) is 23.9 Å². The van der Waals surface area contributed by atoms with Crippen LogP contribution in [0.2, 0.25) is 0 Å². The van der Waals surface area contributed by atoms with Crippen LogP contribution in [-0.2, 0) is 23.1 Å². The fraction of sp³-hybridized carbons (Fsp3) is 0.565. The Hall–Kier alpha value is -2.05. The molecule has 0 bridgehead atoms. The number of rotatable bonds is 9. The molecule has 2 aliphatic rings. The van der Waals surface area contributed by atoms with Crippen molar-refractivity contribution >= 4 is 35.6 Å². The van der Waals surface area contributed by atoms with Crippen LogP contribution in [0.3, 0.4) is 0 Å². The molecule has 3 heterocycles. The molecule has 0 radical (unpaired) electrons. The lowest BCUT2D eigenvalue weighted by molar-refractivity contribution is 0.0168. The second-order valence-electron chi connectivity index (χ2n) is 7.94. The molecule has 1 unspecified atom stereocenters. The minimum atomic E-state index is 0. The van der Waals surface area contributed by atoms with Crippen molar-refractivity contribution < 1.29 is 18.9 Å². The van der Waals surface area contributed by atoms with E-state index in [1.807, 2.05) is 36.0 Å². The van der Waals surface area contributed by atoms with Gasteiger partial charge in [-0.05, 0) is 37.5 Å². The summed E-state index contributed by atoms with van der Waals surface area (Å²) in [6, 6.07) is 7.82. The molecule has 1 atom stereocenters. The minimum absolute atomic E-state index is 0. The van der Waals surface area contributed by atoms with Gasteiger partial charge in [0.25, 0.3) is 0 Å². The highest BCUT2D eigenvalue weighted by molar-refractivity contribution is 14.0. The Morgan fingerprint density at radius 1 is 1.18 bits per heavy atom. The number of benzene rings is 1. The molecule has 2 aromatic rings. The molecular weight excluding hydrogens is 537 g/mol. The Bertz CT molecular complexity index is 885. The molecule has 0 saturated carbocycles. The predicted octanol–water partition coefficient (Wildman–Crippen LogP) is 3.34. The van der Waals surface area contributed by atoms with Crippen LogP contribution in [0.25, 0.3) is 0 Å². The number of anilines is 1. The fourth-order valence-corrected chi connectivity index (χ4v) is 3.61. The third-order valence-corrected chi connectivity index (χ3v) is 5.42. The first-order chi connectivity index (χ1) is 15.8. The summed E-state index contributed by atoms with van der Waals surface area (Å²) in [5.41, 5.74) is 1.92. The second-order valence-corrected chi connectivity index (χ2v) is 7.94. The molecule has 4 rings (SSSR count). The average Bonchev–Trinajstić information content (AvgIpc) is 3.40. The van der Waals surface area contributed by atoms with Gasteiger partial charge in [-0.25, -0.2) is 4.99 Å². The molecule has 0 amide bonds. The highest BCUT2D eigenvalue weighted by Crippen LogP contribution is 2.32. The van der Waals surface area contributed by atoms with Gasteiger partial charge in [-0.1, -0.05) is 0 Å². The van der Waals surface area contributed by atoms with Gasteiger partial charge >= 0.3 is 0 Å². The monoisotopic (exact) mass is 571 g/mol. The van der Waals surface area contributed by atoms with E-state index < -0.39 is 0 Å². The van der Waals surface area contributed by atoms with E-state index in [-0.39, 0.29) is 30.1 Å². The molecule has 1 aromatic carbocycles. The van der Waals surface area contributed by atoms with E-state index in [2.05, 4.69) is 15.7 Å². The van der Waals surface area contributed by atoms with Crippen LogP contribution < -0.4 is 20.1 Å². The molecule has 182 valence electrons. The van der Waals surface area contributed by atoms with Gasteiger partial charge in [0.2, 0.25) is 0 Å². The van der Waals surface area contributed by atoms with Crippen molar-refractivity contribution in [3.8, 4) is 11.5 Å². The Kier molecular flexibility index (Phi) is 10.5. The first-order valence-corrected chi connectivity index (χ1v) is 11.4. The number of hydrogen-bond acceptors (Lipinski definition) is 6. The normalized spacial score (nSPS) is 17.8. The first-order valence-electron chi connectivity index (χ1n) is 11.4. The van der Waals surface area contributed by atoms with Crippen molar-refractivity contribution in [2.24, 2.45) is 12.0 Å². The number of aliphatic imine (C=N–C) groups is 1. The van der Waals surface area contributed by atoms with E-state index in [9.17, 15) is 0 Å². The van der Waals surface area contributed by atoms with Gasteiger partial charge in [0, 0.05) is 51.2 Å². The van der Waals surface area contributed by atoms with Crippen molar-refractivity contribution in [1.29, 1.82) is 0 Å². The molecule has 1 saturated heterocycles. The van der Waals surface area contributed by atoms with Crippen LogP contribution in [0.5, 0.6) is 11.5 Å². The summed E-state index contributed by atoms with van der Waals surface area (Å²) in [6.07, 6.45) is 6.03. The number of hydrogen-bond donors (Lipinski definition) is 2. The highest BCUT2D eigenvalue weighted by Gasteiger charge is 2.15. The van der Waals surface area contributed by atoms with Gasteiger partial charge in [0.1, 0.15) is 0 Å². The molecule has 33 heavy (non-hydrogen) atoms. The van der Waals surface area contributed by atoms with Crippen molar-refractivity contribution in [2.45, 2.75) is 38.3 Å². The molecular formula is C23H34IN5O4. The lowest BCUT2D eigenvalue weighted by Crippen LogP contribution is -2.32. The van der Waals surface area contributed by atoms with Gasteiger partial charge in [0.15, 0.2) is 17.5 Å². The SMILES string of the molecule is Cn1nccc1CN=C(NCCCOCC1CCCO1)Nc1ccc2c(c1)OCCCO2.I. The van der Waals surface area contributed by atoms with E-state index >= 15 is 0 Å². The predicted molar refractivity (Wildman–Crippen MR) is 138 cm³/mol. The number of ether oxygens (including phenoxy) is 4. The zero-order chi connectivity index (χ0) is 22.0. The highest BCUT2D eigenvalue weighted by atomic mass is 127. The van der Waals surface area contributed by atoms with E-state index in [0.717, 1.165) is 61.7 Å². The van der Waals surface area contributed by atoms with Crippen molar-refractivity contribution in [3.05, 3.63) is 36.2 Å². The van der Waals surface area contributed by atoms with Gasteiger partial charge in [-0.15, -0.1) is 24.0 Å². The van der Waals surface area contributed by atoms with E-state index in [1.165, 1.54) is 0 Å². The number of nitrogens with one attached hydrogen (secondary N) is 2. The zero-order valence-electron chi connectivity index (χ0n) is 19.1. The summed E-state index contributed by atoms with van der Waals surface area (Å²) < 4.78 is 24.7. The maximum Gasteiger partial charge on any atom is 0.196 e. The number of guanidine groups is 1. The lowest BCUT2D eigenvalue weighted by Gasteiger charge is -2.15. The van der Waals surface area contributed by atoms with Crippen LogP contribution in [0.1, 0.15) is 31.4 Å². The van der Waals surface area contributed by atoms with Crippen molar-refractivity contribution in [1.82, 2.24) is 15.1 Å². The van der Waals surface area contributed by atoms with E-state index in [1.54, 1.807) is 6.20 Å². The Morgan fingerprint density at radius 3 is 2.85 bits per heavy atom. The van der Waals surface area contributed by atoms with E-state index in [0.29, 0.717) is 38.9 Å². The summed E-state index contributed by atoms with van der Waals surface area (Å²) in [7, 11) is 1.92. The largest absolute Gasteiger partial charge is 0.490 e. The van der Waals surface area contributed by atoms with Crippen LogP contribution >= 0.6 is 24.0 Å². The fourth-order valence-electron chi connectivity index (χ4n) is 3.61. The number of fused-ring (bicyclic) bond motifs is 1. The maximum atomic E-state index is 5.81. The van der Waals surface area contributed by atoms with Gasteiger partial charge in [-0.3, -0.25) is 4.68 Å². The number of aryl methyl sites for hydroxylation is 1. The summed E-state index contributed by atoms with van der Waals surface area (Å²) in [4.78, 5) is 4.73. The maximum absolute atomic E-state index is 5.81. The molecule has 1 aromatic heterocycles. The van der Waals surface area contributed by atoms with Crippen molar-refractivity contribution in [3.63, 3.8) is 0 Å². The molecule has 0 aliphatic carbocycles. The molecule has 1 fully saturated rings. The number of aromatic nitrogens is 2. The number of nitrogens with zero attached hydrogens (tertiary/aromatic N) is 3. The van der Waals surface area contributed by atoms with Gasteiger partial charge < -0.3 is 29.6 Å². The van der Waals surface area contributed by atoms with Crippen LogP contribution in [0.15, 0.2) is 35.5 Å². The van der Waals surface area contributed by atoms with Crippen molar-refractivity contribution in [2.75, 3.05) is 44.9 Å². The Balaban J connectivity index is 0.00000306. The average molecular weight is 571 g/mol. The Labute approximate surface area is 212 Å².